The minimum Gasteiger partial charge on any atom is -0.379 e. The van der Waals surface area contributed by atoms with Gasteiger partial charge in [0.2, 0.25) is 0 Å². The van der Waals surface area contributed by atoms with Crippen molar-refractivity contribution in [1.29, 1.82) is 0 Å². The van der Waals surface area contributed by atoms with Crippen molar-refractivity contribution in [2.45, 2.75) is 26.4 Å². The number of nitrogens with zero attached hydrogens (tertiary/aromatic N) is 3. The molecule has 0 saturated carbocycles. The van der Waals surface area contributed by atoms with Crippen LogP contribution < -0.4 is 15.5 Å². The van der Waals surface area contributed by atoms with Gasteiger partial charge in [-0.2, -0.15) is 0 Å². The maximum atomic E-state index is 5.49. The summed E-state index contributed by atoms with van der Waals surface area (Å²) in [6.45, 7) is 9.89. The van der Waals surface area contributed by atoms with E-state index in [1.807, 2.05) is 7.05 Å². The molecule has 1 aliphatic heterocycles. The number of ether oxygens (including phenoxy) is 1. The summed E-state index contributed by atoms with van der Waals surface area (Å²) >= 11 is 0. The fourth-order valence-corrected chi connectivity index (χ4v) is 3.22. The fraction of sp³-hybridized carbons (Fsp3) is 0.650. The molecule has 1 atom stereocenters. The van der Waals surface area contributed by atoms with E-state index in [0.29, 0.717) is 12.0 Å². The van der Waals surface area contributed by atoms with E-state index >= 15 is 0 Å². The largest absolute Gasteiger partial charge is 0.379 e. The van der Waals surface area contributed by atoms with Crippen LogP contribution in [0.15, 0.2) is 29.3 Å². The molecule has 1 saturated heterocycles. The first-order chi connectivity index (χ1) is 12.5. The van der Waals surface area contributed by atoms with Gasteiger partial charge < -0.3 is 20.3 Å². The lowest BCUT2D eigenvalue weighted by Gasteiger charge is -2.37. The van der Waals surface area contributed by atoms with Gasteiger partial charge in [0.1, 0.15) is 0 Å². The molecule has 6 heteroatoms. The molecule has 2 rings (SSSR count). The van der Waals surface area contributed by atoms with Crippen LogP contribution in [0.1, 0.15) is 19.4 Å². The highest BCUT2D eigenvalue weighted by Gasteiger charge is 2.23. The maximum absolute atomic E-state index is 5.49. The number of hydrogen-bond acceptors (Lipinski definition) is 4. The standard InChI is InChI=1S/C20H35N5O/c1-16(2)19(25-10-12-26-13-11-25)15-23-20(21-3)22-14-17-6-8-18(9-7-17)24(4)5/h6-9,16,19H,10-15H2,1-5H3,(H2,21,22,23). The summed E-state index contributed by atoms with van der Waals surface area (Å²) in [4.78, 5) is 9.00. The predicted octanol–water partition coefficient (Wildman–Crippen LogP) is 1.77. The molecule has 0 bridgehead atoms. The lowest BCUT2D eigenvalue weighted by Crippen LogP contribution is -2.52. The van der Waals surface area contributed by atoms with Crippen molar-refractivity contribution in [3.8, 4) is 0 Å². The second-order valence-corrected chi connectivity index (χ2v) is 7.33. The minimum atomic E-state index is 0.483. The summed E-state index contributed by atoms with van der Waals surface area (Å²) < 4.78 is 5.49. The lowest BCUT2D eigenvalue weighted by molar-refractivity contribution is 0.00752. The SMILES string of the molecule is CN=C(NCc1ccc(N(C)C)cc1)NCC(C(C)C)N1CCOCC1. The molecular formula is C20H35N5O. The molecule has 26 heavy (non-hydrogen) atoms. The third-order valence-corrected chi connectivity index (χ3v) is 4.90. The summed E-state index contributed by atoms with van der Waals surface area (Å²) in [5.41, 5.74) is 2.45. The zero-order chi connectivity index (χ0) is 18.9. The average Bonchev–Trinajstić information content (AvgIpc) is 2.65. The Morgan fingerprint density at radius 3 is 2.35 bits per heavy atom. The molecule has 0 aliphatic carbocycles. The molecule has 1 unspecified atom stereocenters. The monoisotopic (exact) mass is 361 g/mol. The summed E-state index contributed by atoms with van der Waals surface area (Å²) in [6, 6.07) is 9.07. The van der Waals surface area contributed by atoms with E-state index in [0.717, 1.165) is 45.4 Å². The van der Waals surface area contributed by atoms with Gasteiger partial charge in [0.25, 0.3) is 0 Å². The van der Waals surface area contributed by atoms with Gasteiger partial charge in [0, 0.05) is 59.1 Å². The van der Waals surface area contributed by atoms with E-state index < -0.39 is 0 Å². The average molecular weight is 362 g/mol. The molecular weight excluding hydrogens is 326 g/mol. The van der Waals surface area contributed by atoms with E-state index in [2.05, 4.69) is 77.6 Å². The molecule has 0 amide bonds. The summed E-state index contributed by atoms with van der Waals surface area (Å²) in [5.74, 6) is 1.43. The van der Waals surface area contributed by atoms with Crippen molar-refractivity contribution in [1.82, 2.24) is 15.5 Å². The molecule has 1 aromatic rings. The Bertz CT molecular complexity index is 550. The number of hydrogen-bond donors (Lipinski definition) is 2. The van der Waals surface area contributed by atoms with Crippen molar-refractivity contribution in [3.63, 3.8) is 0 Å². The molecule has 1 aliphatic rings. The summed E-state index contributed by atoms with van der Waals surface area (Å²) in [5, 5.41) is 6.91. The van der Waals surface area contributed by atoms with Crippen LogP contribution >= 0.6 is 0 Å². The van der Waals surface area contributed by atoms with Gasteiger partial charge in [-0.15, -0.1) is 0 Å². The van der Waals surface area contributed by atoms with Crippen LogP contribution in [-0.4, -0.2) is 70.9 Å². The Kier molecular flexibility index (Phi) is 8.19. The second kappa shape index (κ2) is 10.4. The van der Waals surface area contributed by atoms with Crippen LogP contribution in [0, 0.1) is 5.92 Å². The second-order valence-electron chi connectivity index (χ2n) is 7.33. The smallest absolute Gasteiger partial charge is 0.191 e. The highest BCUT2D eigenvalue weighted by Crippen LogP contribution is 2.13. The zero-order valence-corrected chi connectivity index (χ0v) is 17.0. The first-order valence-electron chi connectivity index (χ1n) is 9.54. The highest BCUT2D eigenvalue weighted by atomic mass is 16.5. The van der Waals surface area contributed by atoms with Crippen LogP contribution in [0.3, 0.4) is 0 Å². The van der Waals surface area contributed by atoms with Gasteiger partial charge >= 0.3 is 0 Å². The van der Waals surface area contributed by atoms with Crippen LogP contribution in [0.4, 0.5) is 5.69 Å². The quantitative estimate of drug-likeness (QED) is 0.573. The van der Waals surface area contributed by atoms with E-state index in [4.69, 9.17) is 4.74 Å². The minimum absolute atomic E-state index is 0.483. The number of nitrogens with one attached hydrogen (secondary N) is 2. The summed E-state index contributed by atoms with van der Waals surface area (Å²) in [6.07, 6.45) is 0. The Morgan fingerprint density at radius 2 is 1.81 bits per heavy atom. The Labute approximate surface area is 158 Å². The van der Waals surface area contributed by atoms with Crippen molar-refractivity contribution < 1.29 is 4.74 Å². The number of rotatable bonds is 7. The molecule has 1 heterocycles. The molecule has 1 aromatic carbocycles. The number of aliphatic imine (C=N–C) groups is 1. The van der Waals surface area contributed by atoms with Crippen molar-refractivity contribution in [2.24, 2.45) is 10.9 Å². The summed E-state index contributed by atoms with van der Waals surface area (Å²) in [7, 11) is 5.93. The van der Waals surface area contributed by atoms with Crippen molar-refractivity contribution in [2.75, 3.05) is 58.9 Å². The normalized spacial score (nSPS) is 17.2. The van der Waals surface area contributed by atoms with E-state index in [9.17, 15) is 0 Å². The maximum Gasteiger partial charge on any atom is 0.191 e. The molecule has 146 valence electrons. The molecule has 0 aromatic heterocycles. The van der Waals surface area contributed by atoms with E-state index in [-0.39, 0.29) is 0 Å². The molecule has 0 spiro atoms. The molecule has 1 fully saturated rings. The Balaban J connectivity index is 1.84. The number of morpholine rings is 1. The van der Waals surface area contributed by atoms with Crippen LogP contribution in [0.2, 0.25) is 0 Å². The lowest BCUT2D eigenvalue weighted by atomic mass is 10.0. The zero-order valence-electron chi connectivity index (χ0n) is 17.0. The third-order valence-electron chi connectivity index (χ3n) is 4.90. The number of guanidine groups is 1. The third kappa shape index (κ3) is 6.18. The molecule has 6 nitrogen and oxygen atoms in total. The van der Waals surface area contributed by atoms with Crippen LogP contribution in [-0.2, 0) is 11.3 Å². The Hall–Kier alpha value is -1.79. The van der Waals surface area contributed by atoms with Gasteiger partial charge in [-0.1, -0.05) is 26.0 Å². The van der Waals surface area contributed by atoms with Gasteiger partial charge in [-0.25, -0.2) is 0 Å². The number of anilines is 1. The highest BCUT2D eigenvalue weighted by molar-refractivity contribution is 5.79. The van der Waals surface area contributed by atoms with Crippen LogP contribution in [0.5, 0.6) is 0 Å². The predicted molar refractivity (Wildman–Crippen MR) is 110 cm³/mol. The van der Waals surface area contributed by atoms with Gasteiger partial charge in [-0.05, 0) is 23.6 Å². The Morgan fingerprint density at radius 1 is 1.15 bits per heavy atom. The molecule has 2 N–H and O–H groups in total. The molecule has 0 radical (unpaired) electrons. The number of benzene rings is 1. The fourth-order valence-electron chi connectivity index (χ4n) is 3.22. The van der Waals surface area contributed by atoms with Crippen molar-refractivity contribution in [3.05, 3.63) is 29.8 Å². The van der Waals surface area contributed by atoms with E-state index in [1.165, 1.54) is 11.3 Å². The van der Waals surface area contributed by atoms with E-state index in [1.54, 1.807) is 0 Å². The first-order valence-corrected chi connectivity index (χ1v) is 9.54. The first kappa shape index (κ1) is 20.5. The van der Waals surface area contributed by atoms with Gasteiger partial charge in [-0.3, -0.25) is 9.89 Å². The van der Waals surface area contributed by atoms with Gasteiger partial charge in [0.05, 0.1) is 13.2 Å². The van der Waals surface area contributed by atoms with Gasteiger partial charge in [0.15, 0.2) is 5.96 Å². The van der Waals surface area contributed by atoms with Crippen molar-refractivity contribution >= 4 is 11.6 Å². The van der Waals surface area contributed by atoms with Crippen LogP contribution in [0.25, 0.3) is 0 Å². The topological polar surface area (TPSA) is 52.1 Å².